The number of amides is 2. The second-order valence-corrected chi connectivity index (χ2v) is 6.12. The van der Waals surface area contributed by atoms with Crippen molar-refractivity contribution in [3.05, 3.63) is 59.8 Å². The number of hydrogen-bond acceptors (Lipinski definition) is 3. The van der Waals surface area contributed by atoms with Crippen LogP contribution in [0, 0.1) is 0 Å². The van der Waals surface area contributed by atoms with Crippen LogP contribution in [0.3, 0.4) is 0 Å². The fraction of sp³-hybridized carbons (Fsp3) is 0.211. The third-order valence-corrected chi connectivity index (χ3v) is 4.46. The molecule has 1 fully saturated rings. The van der Waals surface area contributed by atoms with E-state index in [0.717, 1.165) is 35.1 Å². The van der Waals surface area contributed by atoms with Gasteiger partial charge < -0.3 is 10.2 Å². The number of nitrogens with zero attached hydrogens (tertiary/aromatic N) is 2. The summed E-state index contributed by atoms with van der Waals surface area (Å²) in [6.07, 6.45) is 1.53. The first-order valence-corrected chi connectivity index (χ1v) is 8.33. The number of carbonyl (C=O) groups excluding carboxylic acids is 2. The minimum atomic E-state index is -0.212. The van der Waals surface area contributed by atoms with E-state index in [4.69, 9.17) is 0 Å². The third kappa shape index (κ3) is 2.98. The number of benzene rings is 2. The van der Waals surface area contributed by atoms with Crippen molar-refractivity contribution >= 4 is 28.4 Å². The van der Waals surface area contributed by atoms with Crippen molar-refractivity contribution in [2.75, 3.05) is 11.4 Å². The molecule has 6 heteroatoms. The lowest BCUT2D eigenvalue weighted by atomic mass is 10.1. The largest absolute Gasteiger partial charge is 0.347 e. The predicted molar refractivity (Wildman–Crippen MR) is 95.3 cm³/mol. The number of para-hydroxylation sites is 1. The second-order valence-electron chi connectivity index (χ2n) is 6.12. The number of aromatic nitrogens is 2. The van der Waals surface area contributed by atoms with E-state index < -0.39 is 0 Å². The molecule has 2 amide bonds. The van der Waals surface area contributed by atoms with Crippen molar-refractivity contribution in [2.24, 2.45) is 0 Å². The standard InChI is InChI=1S/C19H18N4O2/c24-17-6-3-11-23(17)14-9-7-13(8-10-14)12-20-19(25)18-15-4-1-2-5-16(15)21-22-18/h1-2,4-5,7-10H,3,6,11-12H2,(H,20,25)(H,21,22). The molecule has 126 valence electrons. The highest BCUT2D eigenvalue weighted by Crippen LogP contribution is 2.21. The van der Waals surface area contributed by atoms with Gasteiger partial charge in [0.15, 0.2) is 5.69 Å². The highest BCUT2D eigenvalue weighted by Gasteiger charge is 2.21. The third-order valence-electron chi connectivity index (χ3n) is 4.46. The first-order chi connectivity index (χ1) is 12.2. The highest BCUT2D eigenvalue weighted by atomic mass is 16.2. The number of aromatic amines is 1. The van der Waals surface area contributed by atoms with Crippen molar-refractivity contribution in [3.8, 4) is 0 Å². The Morgan fingerprint density at radius 1 is 1.16 bits per heavy atom. The van der Waals surface area contributed by atoms with E-state index in [1.54, 1.807) is 4.90 Å². The van der Waals surface area contributed by atoms with E-state index in [-0.39, 0.29) is 11.8 Å². The van der Waals surface area contributed by atoms with Crippen LogP contribution < -0.4 is 10.2 Å². The maximum atomic E-state index is 12.4. The van der Waals surface area contributed by atoms with Gasteiger partial charge in [-0.05, 0) is 30.2 Å². The van der Waals surface area contributed by atoms with Crippen molar-refractivity contribution in [1.29, 1.82) is 0 Å². The molecule has 1 aliphatic heterocycles. The Bertz CT molecular complexity index is 930. The van der Waals surface area contributed by atoms with Crippen LogP contribution in [0.25, 0.3) is 10.9 Å². The summed E-state index contributed by atoms with van der Waals surface area (Å²) in [6, 6.07) is 15.3. The number of carbonyl (C=O) groups is 2. The van der Waals surface area contributed by atoms with E-state index >= 15 is 0 Å². The van der Waals surface area contributed by atoms with E-state index in [1.807, 2.05) is 48.5 Å². The second kappa shape index (κ2) is 6.39. The molecule has 3 aromatic rings. The molecule has 0 spiro atoms. The molecule has 2 N–H and O–H groups in total. The number of fused-ring (bicyclic) bond motifs is 1. The average Bonchev–Trinajstić information content (AvgIpc) is 3.26. The molecule has 0 unspecified atom stereocenters. The Morgan fingerprint density at radius 2 is 1.96 bits per heavy atom. The molecule has 1 aliphatic rings. The zero-order valence-corrected chi connectivity index (χ0v) is 13.7. The van der Waals surface area contributed by atoms with E-state index in [0.29, 0.717) is 18.7 Å². The monoisotopic (exact) mass is 334 g/mol. The summed E-state index contributed by atoms with van der Waals surface area (Å²) >= 11 is 0. The highest BCUT2D eigenvalue weighted by molar-refractivity contribution is 6.04. The Kier molecular flexibility index (Phi) is 3.93. The first-order valence-electron chi connectivity index (χ1n) is 8.33. The fourth-order valence-electron chi connectivity index (χ4n) is 3.12. The molecule has 0 atom stereocenters. The Hall–Kier alpha value is -3.15. The van der Waals surface area contributed by atoms with Crippen molar-refractivity contribution in [3.63, 3.8) is 0 Å². The summed E-state index contributed by atoms with van der Waals surface area (Å²) < 4.78 is 0. The Morgan fingerprint density at radius 3 is 2.72 bits per heavy atom. The minimum absolute atomic E-state index is 0.173. The molecule has 4 rings (SSSR count). The lowest BCUT2D eigenvalue weighted by Crippen LogP contribution is -2.24. The van der Waals surface area contributed by atoms with E-state index in [9.17, 15) is 9.59 Å². The van der Waals surface area contributed by atoms with Crippen LogP contribution in [0.1, 0.15) is 28.9 Å². The van der Waals surface area contributed by atoms with Crippen LogP contribution in [0.5, 0.6) is 0 Å². The first kappa shape index (κ1) is 15.4. The summed E-state index contributed by atoms with van der Waals surface area (Å²) in [5.74, 6) is -0.0392. The van der Waals surface area contributed by atoms with Crippen LogP contribution in [0.15, 0.2) is 48.5 Å². The van der Waals surface area contributed by atoms with Gasteiger partial charge in [0, 0.05) is 30.6 Å². The van der Waals surface area contributed by atoms with Crippen LogP contribution in [-0.4, -0.2) is 28.6 Å². The molecule has 0 radical (unpaired) electrons. The lowest BCUT2D eigenvalue weighted by Gasteiger charge is -2.16. The van der Waals surface area contributed by atoms with Gasteiger partial charge in [-0.15, -0.1) is 0 Å². The average molecular weight is 334 g/mol. The maximum Gasteiger partial charge on any atom is 0.272 e. The minimum Gasteiger partial charge on any atom is -0.347 e. The molecule has 1 aromatic heterocycles. The fourth-order valence-corrected chi connectivity index (χ4v) is 3.12. The number of nitrogens with one attached hydrogen (secondary N) is 2. The number of rotatable bonds is 4. The van der Waals surface area contributed by atoms with Gasteiger partial charge in [-0.3, -0.25) is 14.7 Å². The van der Waals surface area contributed by atoms with E-state index in [1.165, 1.54) is 0 Å². The van der Waals surface area contributed by atoms with Gasteiger partial charge in [0.2, 0.25) is 5.91 Å². The lowest BCUT2D eigenvalue weighted by molar-refractivity contribution is -0.117. The molecule has 0 aliphatic carbocycles. The summed E-state index contributed by atoms with van der Waals surface area (Å²) in [5, 5.41) is 10.7. The molecular weight excluding hydrogens is 316 g/mol. The number of H-pyrrole nitrogens is 1. The topological polar surface area (TPSA) is 78.1 Å². The number of hydrogen-bond donors (Lipinski definition) is 2. The Labute approximate surface area is 144 Å². The maximum absolute atomic E-state index is 12.4. The van der Waals surface area contributed by atoms with E-state index in [2.05, 4.69) is 15.5 Å². The van der Waals surface area contributed by atoms with Crippen LogP contribution in [0.2, 0.25) is 0 Å². The van der Waals surface area contributed by atoms with Gasteiger partial charge in [-0.25, -0.2) is 0 Å². The van der Waals surface area contributed by atoms with Crippen LogP contribution in [0.4, 0.5) is 5.69 Å². The molecule has 2 aromatic carbocycles. The molecule has 1 saturated heterocycles. The molecule has 6 nitrogen and oxygen atoms in total. The van der Waals surface area contributed by atoms with Gasteiger partial charge in [-0.1, -0.05) is 30.3 Å². The summed E-state index contributed by atoms with van der Waals surface area (Å²) in [7, 11) is 0. The summed E-state index contributed by atoms with van der Waals surface area (Å²) in [5.41, 5.74) is 3.13. The van der Waals surface area contributed by atoms with Crippen molar-refractivity contribution < 1.29 is 9.59 Å². The molecule has 0 bridgehead atoms. The van der Waals surface area contributed by atoms with Crippen LogP contribution in [-0.2, 0) is 11.3 Å². The van der Waals surface area contributed by atoms with Crippen molar-refractivity contribution in [2.45, 2.75) is 19.4 Å². The smallest absolute Gasteiger partial charge is 0.272 e. The zero-order valence-electron chi connectivity index (χ0n) is 13.7. The molecular formula is C19H18N4O2. The molecule has 0 saturated carbocycles. The van der Waals surface area contributed by atoms with Crippen LogP contribution >= 0.6 is 0 Å². The zero-order chi connectivity index (χ0) is 17.2. The number of anilines is 1. The van der Waals surface area contributed by atoms with Gasteiger partial charge in [0.05, 0.1) is 5.52 Å². The van der Waals surface area contributed by atoms with Gasteiger partial charge in [-0.2, -0.15) is 5.10 Å². The van der Waals surface area contributed by atoms with Gasteiger partial charge in [0.1, 0.15) is 0 Å². The molecule has 2 heterocycles. The molecule has 25 heavy (non-hydrogen) atoms. The SMILES string of the molecule is O=C(NCc1ccc(N2CCCC2=O)cc1)c1n[nH]c2ccccc12. The Balaban J connectivity index is 1.42. The normalized spacial score (nSPS) is 14.2. The summed E-state index contributed by atoms with van der Waals surface area (Å²) in [4.78, 5) is 25.9. The summed E-state index contributed by atoms with van der Waals surface area (Å²) in [6.45, 7) is 1.19. The van der Waals surface area contributed by atoms with Gasteiger partial charge in [0.25, 0.3) is 5.91 Å². The van der Waals surface area contributed by atoms with Crippen molar-refractivity contribution in [1.82, 2.24) is 15.5 Å². The quantitative estimate of drug-likeness (QED) is 0.770. The van der Waals surface area contributed by atoms with Gasteiger partial charge >= 0.3 is 0 Å². The predicted octanol–water partition coefficient (Wildman–Crippen LogP) is 2.62.